The molecular weight excluding hydrogens is 423 g/mol. The van der Waals surface area contributed by atoms with Crippen LogP contribution in [0.4, 0.5) is 22.0 Å². The third-order valence-electron chi connectivity index (χ3n) is 7.19. The smallest absolute Gasteiger partial charge is 0.378 e. The Kier molecular flexibility index (Phi) is 9.15. The van der Waals surface area contributed by atoms with Crippen molar-refractivity contribution in [3.05, 3.63) is 41.0 Å². The second kappa shape index (κ2) is 11.6. The van der Waals surface area contributed by atoms with Crippen LogP contribution in [0.2, 0.25) is 0 Å². The summed E-state index contributed by atoms with van der Waals surface area (Å²) >= 11 is 0. The van der Waals surface area contributed by atoms with E-state index >= 15 is 0 Å². The van der Waals surface area contributed by atoms with Crippen LogP contribution in [-0.2, 0) is 4.74 Å². The molecule has 2 aliphatic carbocycles. The van der Waals surface area contributed by atoms with E-state index in [-0.39, 0.29) is 12.0 Å². The average Bonchev–Trinajstić information content (AvgIpc) is 2.76. The van der Waals surface area contributed by atoms with E-state index < -0.39 is 23.4 Å². The largest absolute Gasteiger partial charge is 0.409 e. The monoisotopic (exact) mass is 458 g/mol. The fraction of sp³-hybridized carbons (Fsp3) is 0.692. The molecule has 3 rings (SSSR count). The van der Waals surface area contributed by atoms with Gasteiger partial charge >= 0.3 is 6.18 Å². The first-order chi connectivity index (χ1) is 15.2. The number of ether oxygens (including phenoxy) is 1. The maximum atomic E-state index is 14.3. The van der Waals surface area contributed by atoms with E-state index in [1.54, 1.807) is 0 Å². The van der Waals surface area contributed by atoms with Crippen molar-refractivity contribution in [3.63, 3.8) is 0 Å². The normalized spacial score (nSPS) is 27.2. The molecule has 32 heavy (non-hydrogen) atoms. The van der Waals surface area contributed by atoms with Crippen LogP contribution in [0, 0.1) is 23.5 Å². The van der Waals surface area contributed by atoms with Crippen LogP contribution in [0.5, 0.6) is 0 Å². The van der Waals surface area contributed by atoms with Crippen molar-refractivity contribution in [1.82, 2.24) is 0 Å². The SMILES string of the molecule is CCCCC1CCC(OCC2CCC(c3cc(F)c(C=CC(F)(F)F)c(F)c3)CC2)CC1. The van der Waals surface area contributed by atoms with E-state index in [2.05, 4.69) is 6.92 Å². The lowest BCUT2D eigenvalue weighted by Gasteiger charge is -2.32. The van der Waals surface area contributed by atoms with Crippen molar-refractivity contribution in [2.45, 2.75) is 95.8 Å². The van der Waals surface area contributed by atoms with E-state index in [1.807, 2.05) is 0 Å². The lowest BCUT2D eigenvalue weighted by Crippen LogP contribution is -2.26. The van der Waals surface area contributed by atoms with Crippen molar-refractivity contribution in [3.8, 4) is 0 Å². The molecule has 0 aliphatic heterocycles. The van der Waals surface area contributed by atoms with Crippen molar-refractivity contribution in [2.24, 2.45) is 11.8 Å². The molecular formula is C26H35F5O. The van der Waals surface area contributed by atoms with Crippen LogP contribution < -0.4 is 0 Å². The number of hydrogen-bond acceptors (Lipinski definition) is 1. The van der Waals surface area contributed by atoms with E-state index in [9.17, 15) is 22.0 Å². The number of hydrogen-bond donors (Lipinski definition) is 0. The van der Waals surface area contributed by atoms with Crippen LogP contribution in [0.1, 0.15) is 94.6 Å². The molecule has 1 aromatic carbocycles. The van der Waals surface area contributed by atoms with Gasteiger partial charge in [0, 0.05) is 18.2 Å². The molecule has 0 bridgehead atoms. The van der Waals surface area contributed by atoms with Gasteiger partial charge in [0.25, 0.3) is 0 Å². The minimum atomic E-state index is -4.60. The summed E-state index contributed by atoms with van der Waals surface area (Å²) in [6, 6.07) is 2.38. The summed E-state index contributed by atoms with van der Waals surface area (Å²) in [6.07, 6.45) is 8.34. The molecule has 2 saturated carbocycles. The summed E-state index contributed by atoms with van der Waals surface area (Å²) in [5.74, 6) is -0.528. The standard InChI is InChI=1S/C26H35F5O/c1-2-3-4-18-7-11-22(12-8-18)32-17-19-5-9-20(10-6-19)21-15-24(27)23(25(28)16-21)13-14-26(29,30)31/h13-16,18-20,22H,2-12,17H2,1H3. The van der Waals surface area contributed by atoms with Gasteiger partial charge in [0.05, 0.1) is 6.10 Å². The molecule has 180 valence electrons. The molecule has 0 aromatic heterocycles. The number of benzene rings is 1. The second-order valence-electron chi connectivity index (χ2n) is 9.61. The van der Waals surface area contributed by atoms with Crippen molar-refractivity contribution in [2.75, 3.05) is 6.61 Å². The molecule has 2 fully saturated rings. The maximum absolute atomic E-state index is 14.3. The molecule has 0 unspecified atom stereocenters. The van der Waals surface area contributed by atoms with Crippen LogP contribution in [0.25, 0.3) is 6.08 Å². The van der Waals surface area contributed by atoms with Gasteiger partial charge in [-0.1, -0.05) is 26.2 Å². The molecule has 1 aromatic rings. The molecule has 2 aliphatic rings. The molecule has 0 saturated heterocycles. The first kappa shape index (κ1) is 25.2. The summed E-state index contributed by atoms with van der Waals surface area (Å²) in [5.41, 5.74) is -0.105. The van der Waals surface area contributed by atoms with E-state index in [0.717, 1.165) is 51.0 Å². The van der Waals surface area contributed by atoms with Gasteiger partial charge in [-0.25, -0.2) is 8.78 Å². The highest BCUT2D eigenvalue weighted by Crippen LogP contribution is 2.38. The zero-order valence-electron chi connectivity index (χ0n) is 18.9. The number of halogens is 5. The highest BCUT2D eigenvalue weighted by Gasteiger charge is 2.27. The predicted octanol–water partition coefficient (Wildman–Crippen LogP) is 8.58. The predicted molar refractivity (Wildman–Crippen MR) is 117 cm³/mol. The summed E-state index contributed by atoms with van der Waals surface area (Å²) in [6.45, 7) is 2.99. The Bertz CT molecular complexity index is 718. The van der Waals surface area contributed by atoms with Gasteiger partial charge in [-0.05, 0) is 92.9 Å². The Hall–Kier alpha value is -1.43. The fourth-order valence-corrected chi connectivity index (χ4v) is 5.19. The summed E-state index contributed by atoms with van der Waals surface area (Å²) in [4.78, 5) is 0. The Morgan fingerprint density at radius 3 is 2.06 bits per heavy atom. The maximum Gasteiger partial charge on any atom is 0.409 e. The van der Waals surface area contributed by atoms with Gasteiger partial charge in [-0.15, -0.1) is 0 Å². The molecule has 0 heterocycles. The number of alkyl halides is 3. The fourth-order valence-electron chi connectivity index (χ4n) is 5.19. The van der Waals surface area contributed by atoms with Crippen LogP contribution in [0.15, 0.2) is 18.2 Å². The average molecular weight is 459 g/mol. The van der Waals surface area contributed by atoms with Gasteiger partial charge < -0.3 is 4.74 Å². The van der Waals surface area contributed by atoms with Gasteiger partial charge in [-0.3, -0.25) is 0 Å². The summed E-state index contributed by atoms with van der Waals surface area (Å²) in [5, 5.41) is 0. The Morgan fingerprint density at radius 2 is 1.50 bits per heavy atom. The molecule has 0 atom stereocenters. The number of unbranched alkanes of at least 4 members (excludes halogenated alkanes) is 1. The summed E-state index contributed by atoms with van der Waals surface area (Å²) in [7, 11) is 0. The zero-order valence-corrected chi connectivity index (χ0v) is 18.9. The Morgan fingerprint density at radius 1 is 0.906 bits per heavy atom. The van der Waals surface area contributed by atoms with Crippen molar-refractivity contribution < 1.29 is 26.7 Å². The lowest BCUT2D eigenvalue weighted by atomic mass is 9.78. The highest BCUT2D eigenvalue weighted by molar-refractivity contribution is 5.52. The number of allylic oxidation sites excluding steroid dienone is 1. The van der Waals surface area contributed by atoms with E-state index in [4.69, 9.17) is 4.74 Å². The van der Waals surface area contributed by atoms with E-state index in [1.165, 1.54) is 44.2 Å². The molecule has 0 radical (unpaired) electrons. The van der Waals surface area contributed by atoms with Crippen molar-refractivity contribution >= 4 is 6.08 Å². The third kappa shape index (κ3) is 7.57. The van der Waals surface area contributed by atoms with Crippen LogP contribution >= 0.6 is 0 Å². The lowest BCUT2D eigenvalue weighted by molar-refractivity contribution is -0.0790. The topological polar surface area (TPSA) is 9.23 Å². The van der Waals surface area contributed by atoms with Crippen molar-refractivity contribution in [1.29, 1.82) is 0 Å². The molecule has 1 nitrogen and oxygen atoms in total. The second-order valence-corrected chi connectivity index (χ2v) is 9.61. The molecule has 0 spiro atoms. The zero-order chi connectivity index (χ0) is 23.1. The third-order valence-corrected chi connectivity index (χ3v) is 7.19. The highest BCUT2D eigenvalue weighted by atomic mass is 19.4. The van der Waals surface area contributed by atoms with Gasteiger partial charge in [0.1, 0.15) is 11.6 Å². The first-order valence-electron chi connectivity index (χ1n) is 12.1. The van der Waals surface area contributed by atoms with E-state index in [0.29, 0.717) is 23.7 Å². The number of rotatable bonds is 8. The molecule has 0 N–H and O–H groups in total. The molecule has 0 amide bonds. The minimum Gasteiger partial charge on any atom is -0.378 e. The minimum absolute atomic E-state index is 0.0323. The van der Waals surface area contributed by atoms with Gasteiger partial charge in [0.2, 0.25) is 0 Å². The van der Waals surface area contributed by atoms with Gasteiger partial charge in [-0.2, -0.15) is 13.2 Å². The van der Waals surface area contributed by atoms with Crippen LogP contribution in [-0.4, -0.2) is 18.9 Å². The first-order valence-corrected chi connectivity index (χ1v) is 12.1. The quantitative estimate of drug-likeness (QED) is 0.355. The van der Waals surface area contributed by atoms with Gasteiger partial charge in [0.15, 0.2) is 0 Å². The summed E-state index contributed by atoms with van der Waals surface area (Å²) < 4.78 is 71.7. The van der Waals surface area contributed by atoms with Crippen LogP contribution in [0.3, 0.4) is 0 Å². The Labute approximate surface area is 188 Å². The Balaban J connectivity index is 1.44. The molecule has 6 heteroatoms.